The second-order valence-corrected chi connectivity index (χ2v) is 6.47. The van der Waals surface area contributed by atoms with Gasteiger partial charge >= 0.3 is 0 Å². The smallest absolute Gasteiger partial charge is 0.298 e. The molecule has 6 nitrogen and oxygen atoms in total. The molecular weight excluding hydrogens is 326 g/mol. The van der Waals surface area contributed by atoms with E-state index >= 15 is 0 Å². The van der Waals surface area contributed by atoms with Gasteiger partial charge in [0.2, 0.25) is 0 Å². The Morgan fingerprint density at radius 3 is 3.08 bits per heavy atom. The van der Waals surface area contributed by atoms with Gasteiger partial charge in [-0.05, 0) is 31.0 Å². The fourth-order valence-corrected chi connectivity index (χ4v) is 3.31. The average molecular weight is 344 g/mol. The monoisotopic (exact) mass is 343 g/mol. The van der Waals surface area contributed by atoms with Crippen LogP contribution in [-0.2, 0) is 0 Å². The summed E-state index contributed by atoms with van der Waals surface area (Å²) in [5.74, 6) is 0.932. The maximum Gasteiger partial charge on any atom is 0.298 e. The number of likely N-dealkylation sites (N-methyl/N-ethyl adjacent to an activating group) is 1. The molecule has 24 heavy (non-hydrogen) atoms. The first-order valence-electron chi connectivity index (χ1n) is 8.00. The molecule has 0 spiro atoms. The van der Waals surface area contributed by atoms with Gasteiger partial charge in [-0.3, -0.25) is 0 Å². The molecule has 1 unspecified atom stereocenters. The maximum absolute atomic E-state index is 6.03. The van der Waals surface area contributed by atoms with Crippen molar-refractivity contribution in [2.45, 2.75) is 18.9 Å². The van der Waals surface area contributed by atoms with Gasteiger partial charge in [0.25, 0.3) is 6.01 Å². The van der Waals surface area contributed by atoms with E-state index in [9.17, 15) is 0 Å². The number of aromatic nitrogens is 3. The summed E-state index contributed by atoms with van der Waals surface area (Å²) in [6, 6.07) is 8.47. The van der Waals surface area contributed by atoms with Crippen molar-refractivity contribution in [1.82, 2.24) is 15.0 Å². The van der Waals surface area contributed by atoms with E-state index in [-0.39, 0.29) is 0 Å². The van der Waals surface area contributed by atoms with E-state index in [0.717, 1.165) is 42.8 Å². The first-order chi connectivity index (χ1) is 11.7. The predicted molar refractivity (Wildman–Crippen MR) is 94.7 cm³/mol. The summed E-state index contributed by atoms with van der Waals surface area (Å²) in [5, 5.41) is 0.658. The minimum atomic E-state index is 0.354. The van der Waals surface area contributed by atoms with Crippen molar-refractivity contribution in [1.29, 1.82) is 0 Å². The highest BCUT2D eigenvalue weighted by Gasteiger charge is 2.26. The Bertz CT molecular complexity index is 837. The van der Waals surface area contributed by atoms with Gasteiger partial charge in [-0.2, -0.15) is 4.98 Å². The van der Waals surface area contributed by atoms with Crippen LogP contribution in [0.2, 0.25) is 5.02 Å². The number of fused-ring (bicyclic) bond motifs is 1. The van der Waals surface area contributed by atoms with Crippen molar-refractivity contribution in [2.75, 3.05) is 29.9 Å². The molecule has 2 aromatic heterocycles. The second kappa shape index (κ2) is 6.28. The number of oxazole rings is 1. The predicted octanol–water partition coefficient (Wildman–Crippen LogP) is 3.38. The lowest BCUT2D eigenvalue weighted by atomic mass is 10.0. The highest BCUT2D eigenvalue weighted by molar-refractivity contribution is 6.31. The van der Waals surface area contributed by atoms with E-state index in [2.05, 4.69) is 31.8 Å². The standard InChI is InChI=1S/C17H18ClN5O/c1-22(16-6-7-19-11-20-16)13-3-2-8-23(10-13)17-21-14-5-4-12(18)9-15(14)24-17/h4-7,9,11,13H,2-3,8,10H2,1H3. The molecule has 1 aliphatic rings. The van der Waals surface area contributed by atoms with Crippen molar-refractivity contribution in [3.8, 4) is 0 Å². The van der Waals surface area contributed by atoms with Gasteiger partial charge in [-0.1, -0.05) is 11.6 Å². The van der Waals surface area contributed by atoms with E-state index in [1.165, 1.54) is 0 Å². The van der Waals surface area contributed by atoms with Crippen LogP contribution in [0.1, 0.15) is 12.8 Å². The fourth-order valence-electron chi connectivity index (χ4n) is 3.15. The number of piperidine rings is 1. The van der Waals surface area contributed by atoms with Crippen LogP contribution in [0.15, 0.2) is 41.2 Å². The van der Waals surface area contributed by atoms with Crippen LogP contribution in [0.4, 0.5) is 11.8 Å². The lowest BCUT2D eigenvalue weighted by molar-refractivity contribution is 0.454. The number of hydrogen-bond donors (Lipinski definition) is 0. The van der Waals surface area contributed by atoms with Crippen LogP contribution in [0, 0.1) is 0 Å². The number of nitrogens with zero attached hydrogens (tertiary/aromatic N) is 5. The van der Waals surface area contributed by atoms with Crippen molar-refractivity contribution in [2.24, 2.45) is 0 Å². The average Bonchev–Trinajstić information content (AvgIpc) is 3.05. The summed E-state index contributed by atoms with van der Waals surface area (Å²) in [5.41, 5.74) is 1.56. The summed E-state index contributed by atoms with van der Waals surface area (Å²) in [6.45, 7) is 1.79. The number of benzene rings is 1. The zero-order valence-electron chi connectivity index (χ0n) is 13.4. The Labute approximate surface area is 145 Å². The molecule has 3 aromatic rings. The molecule has 1 atom stereocenters. The summed E-state index contributed by atoms with van der Waals surface area (Å²) < 4.78 is 5.91. The first-order valence-corrected chi connectivity index (χ1v) is 8.38. The third-order valence-electron chi connectivity index (χ3n) is 4.48. The molecule has 0 saturated carbocycles. The molecule has 124 valence electrons. The van der Waals surface area contributed by atoms with Crippen LogP contribution in [0.3, 0.4) is 0 Å². The number of halogens is 1. The largest absolute Gasteiger partial charge is 0.423 e. The highest BCUT2D eigenvalue weighted by atomic mass is 35.5. The van der Waals surface area contributed by atoms with Crippen LogP contribution >= 0.6 is 11.6 Å². The molecule has 0 N–H and O–H groups in total. The van der Waals surface area contributed by atoms with Crippen molar-refractivity contribution < 1.29 is 4.42 Å². The van der Waals surface area contributed by atoms with Crippen molar-refractivity contribution in [3.05, 3.63) is 41.8 Å². The molecule has 1 aliphatic heterocycles. The van der Waals surface area contributed by atoms with Gasteiger partial charge in [-0.15, -0.1) is 0 Å². The molecule has 1 saturated heterocycles. The molecule has 7 heteroatoms. The maximum atomic E-state index is 6.03. The summed E-state index contributed by atoms with van der Waals surface area (Å²) in [6.07, 6.45) is 5.55. The molecule has 0 aliphatic carbocycles. The van der Waals surface area contributed by atoms with Crippen LogP contribution < -0.4 is 9.80 Å². The van der Waals surface area contributed by atoms with Crippen LogP contribution in [0.25, 0.3) is 11.1 Å². The van der Waals surface area contributed by atoms with Gasteiger partial charge in [0.15, 0.2) is 5.58 Å². The zero-order chi connectivity index (χ0) is 16.5. The number of anilines is 2. The minimum absolute atomic E-state index is 0.354. The molecule has 1 fully saturated rings. The van der Waals surface area contributed by atoms with Gasteiger partial charge in [0, 0.05) is 43.5 Å². The quantitative estimate of drug-likeness (QED) is 0.726. The molecule has 4 rings (SSSR count). The molecule has 0 radical (unpaired) electrons. The molecule has 0 amide bonds. The van der Waals surface area contributed by atoms with E-state index in [4.69, 9.17) is 16.0 Å². The van der Waals surface area contributed by atoms with Gasteiger partial charge in [0.05, 0.1) is 0 Å². The second-order valence-electron chi connectivity index (χ2n) is 6.03. The SMILES string of the molecule is CN(c1ccncn1)C1CCCN(c2nc3ccc(Cl)cc3o2)C1. The minimum Gasteiger partial charge on any atom is -0.423 e. The van der Waals surface area contributed by atoms with Crippen molar-refractivity contribution in [3.63, 3.8) is 0 Å². The lowest BCUT2D eigenvalue weighted by Gasteiger charge is -2.37. The third-order valence-corrected chi connectivity index (χ3v) is 4.72. The Kier molecular flexibility index (Phi) is 3.98. The van der Waals surface area contributed by atoms with Gasteiger partial charge in [0.1, 0.15) is 17.7 Å². The Hall–Kier alpha value is -2.34. The Balaban J connectivity index is 1.55. The zero-order valence-corrected chi connectivity index (χ0v) is 14.1. The first kappa shape index (κ1) is 15.2. The van der Waals surface area contributed by atoms with E-state index in [1.54, 1.807) is 12.5 Å². The Morgan fingerprint density at radius 1 is 1.33 bits per heavy atom. The highest BCUT2D eigenvalue weighted by Crippen LogP contribution is 2.28. The van der Waals surface area contributed by atoms with E-state index in [0.29, 0.717) is 17.1 Å². The normalized spacial score (nSPS) is 18.1. The summed E-state index contributed by atoms with van der Waals surface area (Å²) >= 11 is 6.03. The molecule has 3 heterocycles. The van der Waals surface area contributed by atoms with Gasteiger partial charge in [-0.25, -0.2) is 9.97 Å². The Morgan fingerprint density at radius 2 is 2.25 bits per heavy atom. The number of rotatable bonds is 3. The van der Waals surface area contributed by atoms with E-state index in [1.807, 2.05) is 24.3 Å². The topological polar surface area (TPSA) is 58.3 Å². The summed E-state index contributed by atoms with van der Waals surface area (Å²) in [7, 11) is 2.07. The molecule has 1 aromatic carbocycles. The van der Waals surface area contributed by atoms with Crippen LogP contribution in [0.5, 0.6) is 0 Å². The summed E-state index contributed by atoms with van der Waals surface area (Å²) in [4.78, 5) is 17.3. The van der Waals surface area contributed by atoms with Crippen LogP contribution in [-0.4, -0.2) is 41.1 Å². The van der Waals surface area contributed by atoms with E-state index < -0.39 is 0 Å². The van der Waals surface area contributed by atoms with Crippen molar-refractivity contribution >= 4 is 34.5 Å². The third kappa shape index (κ3) is 2.89. The lowest BCUT2D eigenvalue weighted by Crippen LogP contribution is -2.47. The molecular formula is C17H18ClN5O. The fraction of sp³-hybridized carbons (Fsp3) is 0.353. The molecule has 0 bridgehead atoms. The van der Waals surface area contributed by atoms with Gasteiger partial charge < -0.3 is 14.2 Å². The number of hydrogen-bond acceptors (Lipinski definition) is 6.